The molecule has 1 nitrogen and oxygen atoms in total. The molecule has 1 fully saturated rings. The van der Waals surface area contributed by atoms with Gasteiger partial charge in [-0.25, -0.2) is 4.39 Å². The maximum Gasteiger partial charge on any atom is 0.128 e. The third kappa shape index (κ3) is 2.69. The quantitative estimate of drug-likeness (QED) is 0.899. The molecule has 1 aromatic carbocycles. The second-order valence-corrected chi connectivity index (χ2v) is 7.20. The van der Waals surface area contributed by atoms with Crippen LogP contribution in [0.3, 0.4) is 0 Å². The number of hydrogen-bond donors (Lipinski definition) is 1. The Hall–Kier alpha value is -0.0600. The van der Waals surface area contributed by atoms with Gasteiger partial charge in [-0.3, -0.25) is 0 Å². The first kappa shape index (κ1) is 13.4. The molecule has 0 aliphatic carbocycles. The van der Waals surface area contributed by atoms with Gasteiger partial charge in [0.15, 0.2) is 0 Å². The van der Waals surface area contributed by atoms with E-state index in [4.69, 9.17) is 0 Å². The molecule has 0 saturated carbocycles. The molecule has 1 N–H and O–H groups in total. The molecule has 2 unspecified atom stereocenters. The molecule has 1 heterocycles. The Morgan fingerprint density at radius 1 is 1.53 bits per heavy atom. The maximum absolute atomic E-state index is 14.0. The van der Waals surface area contributed by atoms with Gasteiger partial charge >= 0.3 is 0 Å². The van der Waals surface area contributed by atoms with Gasteiger partial charge in [0.2, 0.25) is 0 Å². The predicted molar refractivity (Wildman–Crippen MR) is 76.0 cm³/mol. The summed E-state index contributed by atoms with van der Waals surface area (Å²) in [4.78, 5) is 0. The minimum Gasteiger partial charge on any atom is -0.312 e. The molecule has 94 valence electrons. The van der Waals surface area contributed by atoms with Gasteiger partial charge in [0.1, 0.15) is 5.82 Å². The van der Waals surface area contributed by atoms with Gasteiger partial charge in [0.25, 0.3) is 0 Å². The summed E-state index contributed by atoms with van der Waals surface area (Å²) in [6.07, 6.45) is 2.35. The van der Waals surface area contributed by atoms with Crippen LogP contribution in [0.2, 0.25) is 0 Å². The number of halogens is 2. The van der Waals surface area contributed by atoms with Crippen molar-refractivity contribution in [3.8, 4) is 0 Å². The van der Waals surface area contributed by atoms with Crippen LogP contribution in [0.1, 0.15) is 31.4 Å². The van der Waals surface area contributed by atoms with E-state index in [1.165, 1.54) is 18.2 Å². The van der Waals surface area contributed by atoms with Gasteiger partial charge in [0.05, 0.1) is 0 Å². The molecule has 0 bridgehead atoms. The van der Waals surface area contributed by atoms with Crippen LogP contribution in [0.25, 0.3) is 0 Å². The van der Waals surface area contributed by atoms with E-state index >= 15 is 0 Å². The van der Waals surface area contributed by atoms with Crippen molar-refractivity contribution >= 4 is 27.7 Å². The summed E-state index contributed by atoms with van der Waals surface area (Å²) in [5.74, 6) is 1.05. The highest BCUT2D eigenvalue weighted by molar-refractivity contribution is 9.10. The summed E-state index contributed by atoms with van der Waals surface area (Å²) < 4.78 is 15.0. The summed E-state index contributed by atoms with van der Waals surface area (Å²) in [7, 11) is 1.91. The molecule has 0 spiro atoms. The Morgan fingerprint density at radius 3 is 2.88 bits per heavy atom. The largest absolute Gasteiger partial charge is 0.312 e. The summed E-state index contributed by atoms with van der Waals surface area (Å²) in [5.41, 5.74) is 0.763. The number of benzene rings is 1. The third-order valence-corrected chi connectivity index (χ3v) is 5.50. The molecule has 0 aromatic heterocycles. The normalized spacial score (nSPS) is 26.1. The number of rotatable bonds is 3. The fourth-order valence-corrected chi connectivity index (χ4v) is 4.39. The summed E-state index contributed by atoms with van der Waals surface area (Å²) >= 11 is 5.36. The smallest absolute Gasteiger partial charge is 0.128 e. The van der Waals surface area contributed by atoms with Crippen molar-refractivity contribution in [2.75, 3.05) is 12.8 Å². The summed E-state index contributed by atoms with van der Waals surface area (Å²) in [6, 6.07) is 5.23. The zero-order valence-electron chi connectivity index (χ0n) is 10.1. The van der Waals surface area contributed by atoms with Crippen LogP contribution < -0.4 is 5.32 Å². The summed E-state index contributed by atoms with van der Waals surface area (Å²) in [6.45, 7) is 2.23. The molecule has 1 aromatic rings. The first-order valence-electron chi connectivity index (χ1n) is 5.83. The van der Waals surface area contributed by atoms with Gasteiger partial charge < -0.3 is 5.32 Å². The zero-order chi connectivity index (χ0) is 12.5. The molecular formula is C13H17BrFNS. The lowest BCUT2D eigenvalue weighted by Gasteiger charge is -2.33. The van der Waals surface area contributed by atoms with E-state index < -0.39 is 0 Å². The maximum atomic E-state index is 14.0. The van der Waals surface area contributed by atoms with E-state index in [1.807, 2.05) is 24.9 Å². The lowest BCUT2D eigenvalue weighted by atomic mass is 9.90. The van der Waals surface area contributed by atoms with Crippen molar-refractivity contribution in [3.05, 3.63) is 34.1 Å². The number of nitrogens with one attached hydrogen (secondary N) is 1. The molecule has 1 aliphatic heterocycles. The van der Waals surface area contributed by atoms with Gasteiger partial charge in [-0.1, -0.05) is 15.9 Å². The van der Waals surface area contributed by atoms with E-state index in [2.05, 4.69) is 28.2 Å². The summed E-state index contributed by atoms with van der Waals surface area (Å²) in [5, 5.41) is 3.29. The average molecular weight is 318 g/mol. The zero-order valence-corrected chi connectivity index (χ0v) is 12.5. The van der Waals surface area contributed by atoms with Crippen molar-refractivity contribution in [3.63, 3.8) is 0 Å². The molecule has 2 atom stereocenters. The van der Waals surface area contributed by atoms with Crippen molar-refractivity contribution in [1.29, 1.82) is 0 Å². The predicted octanol–water partition coefficient (Wildman–Crippen LogP) is 4.13. The fraction of sp³-hybridized carbons (Fsp3) is 0.538. The second-order valence-electron chi connectivity index (χ2n) is 4.65. The molecule has 2 rings (SSSR count). The van der Waals surface area contributed by atoms with E-state index in [-0.39, 0.29) is 16.6 Å². The monoisotopic (exact) mass is 317 g/mol. The van der Waals surface area contributed by atoms with Crippen molar-refractivity contribution < 1.29 is 4.39 Å². The Balaban J connectivity index is 2.37. The van der Waals surface area contributed by atoms with Gasteiger partial charge in [-0.05, 0) is 50.8 Å². The topological polar surface area (TPSA) is 12.0 Å². The first-order valence-corrected chi connectivity index (χ1v) is 7.61. The Bertz CT molecular complexity index is 404. The standard InChI is InChI=1S/C13H17BrFNS/c1-13(6-3-7-17-13)12(16-2)10-8-9(14)4-5-11(10)15/h4-5,8,12,16H,3,6-7H2,1-2H3. The SMILES string of the molecule is CNC(c1cc(Br)ccc1F)C1(C)CCCS1. The van der Waals surface area contributed by atoms with Crippen LogP contribution in [0.4, 0.5) is 4.39 Å². The molecule has 17 heavy (non-hydrogen) atoms. The Morgan fingerprint density at radius 2 is 2.29 bits per heavy atom. The van der Waals surface area contributed by atoms with Gasteiger partial charge in [0, 0.05) is 20.8 Å². The fourth-order valence-electron chi connectivity index (χ4n) is 2.55. The van der Waals surface area contributed by atoms with Crippen LogP contribution in [0.5, 0.6) is 0 Å². The van der Waals surface area contributed by atoms with E-state index in [0.717, 1.165) is 16.5 Å². The lowest BCUT2D eigenvalue weighted by molar-refractivity contribution is 0.424. The number of hydrogen-bond acceptors (Lipinski definition) is 2. The highest BCUT2D eigenvalue weighted by atomic mass is 79.9. The van der Waals surface area contributed by atoms with Crippen LogP contribution >= 0.6 is 27.7 Å². The Kier molecular flexibility index (Phi) is 4.16. The van der Waals surface area contributed by atoms with Gasteiger partial charge in [-0.15, -0.1) is 0 Å². The highest BCUT2D eigenvalue weighted by Crippen LogP contribution is 2.47. The van der Waals surface area contributed by atoms with Crippen LogP contribution in [-0.4, -0.2) is 17.5 Å². The Labute approximate surface area is 115 Å². The van der Waals surface area contributed by atoms with Gasteiger partial charge in [-0.2, -0.15) is 11.8 Å². The van der Waals surface area contributed by atoms with E-state index in [1.54, 1.807) is 6.07 Å². The average Bonchev–Trinajstić information content (AvgIpc) is 2.72. The second kappa shape index (κ2) is 5.29. The molecular weight excluding hydrogens is 301 g/mol. The molecule has 0 radical (unpaired) electrons. The van der Waals surface area contributed by atoms with Crippen LogP contribution in [0, 0.1) is 5.82 Å². The lowest BCUT2D eigenvalue weighted by Crippen LogP contribution is -2.36. The van der Waals surface area contributed by atoms with Crippen LogP contribution in [0.15, 0.2) is 22.7 Å². The molecule has 1 aliphatic rings. The minimum atomic E-state index is -0.124. The van der Waals surface area contributed by atoms with E-state index in [9.17, 15) is 4.39 Å². The molecule has 0 amide bonds. The third-order valence-electron chi connectivity index (χ3n) is 3.42. The van der Waals surface area contributed by atoms with Crippen LogP contribution in [-0.2, 0) is 0 Å². The molecule has 4 heteroatoms. The van der Waals surface area contributed by atoms with Crippen molar-refractivity contribution in [1.82, 2.24) is 5.32 Å². The molecule has 1 saturated heterocycles. The first-order chi connectivity index (χ1) is 8.07. The van der Waals surface area contributed by atoms with Crippen molar-refractivity contribution in [2.24, 2.45) is 0 Å². The minimum absolute atomic E-state index is 0.0625. The van der Waals surface area contributed by atoms with E-state index in [0.29, 0.717) is 0 Å². The number of thioether (sulfide) groups is 1. The van der Waals surface area contributed by atoms with Crippen molar-refractivity contribution in [2.45, 2.75) is 30.6 Å². The highest BCUT2D eigenvalue weighted by Gasteiger charge is 2.39.